The van der Waals surface area contributed by atoms with E-state index in [1.807, 2.05) is 0 Å². The predicted octanol–water partition coefficient (Wildman–Crippen LogP) is 3.08. The van der Waals surface area contributed by atoms with Gasteiger partial charge in [0.1, 0.15) is 0 Å². The molecule has 2 heteroatoms. The van der Waals surface area contributed by atoms with Crippen LogP contribution in [0.1, 0.15) is 33.6 Å². The van der Waals surface area contributed by atoms with Crippen LogP contribution < -0.4 is 0 Å². The van der Waals surface area contributed by atoms with Gasteiger partial charge >= 0.3 is 0 Å². The summed E-state index contributed by atoms with van der Waals surface area (Å²) in [6, 6.07) is 0. The fourth-order valence-electron chi connectivity index (χ4n) is 0.852. The van der Waals surface area contributed by atoms with E-state index in [2.05, 4.69) is 30.0 Å². The molecule has 0 amide bonds. The molecule has 0 aromatic carbocycles. The summed E-state index contributed by atoms with van der Waals surface area (Å²) in [5, 5.41) is 0. The topological polar surface area (TPSA) is 0 Å². The molecule has 0 rings (SSSR count). The second-order valence-corrected chi connectivity index (χ2v) is 6.13. The van der Waals surface area contributed by atoms with E-state index in [1.54, 1.807) is 0 Å². The minimum absolute atomic E-state index is 0.578. The molecule has 0 aliphatic rings. The van der Waals surface area contributed by atoms with Crippen LogP contribution in [0, 0.1) is 0 Å². The third kappa shape index (κ3) is 3.54. The molecule has 0 fully saturated rings. The van der Waals surface area contributed by atoms with E-state index >= 15 is 0 Å². The first-order chi connectivity index (χ1) is 4.18. The molecule has 0 aromatic rings. The first-order valence-electron chi connectivity index (χ1n) is 3.72. The van der Waals surface area contributed by atoms with Crippen molar-refractivity contribution in [3.8, 4) is 0 Å². The largest absolute Gasteiger partial charge is 0.127 e. The van der Waals surface area contributed by atoms with Crippen molar-refractivity contribution in [2.24, 2.45) is 0 Å². The van der Waals surface area contributed by atoms with Gasteiger partial charge in [-0.15, -0.1) is 17.8 Å². The van der Waals surface area contributed by atoms with Crippen LogP contribution in [-0.4, -0.2) is 11.1 Å². The molecule has 0 heterocycles. The Balaban J connectivity index is 3.62. The van der Waals surface area contributed by atoms with Gasteiger partial charge in [0.2, 0.25) is 0 Å². The summed E-state index contributed by atoms with van der Waals surface area (Å²) in [6.45, 7) is 6.82. The highest BCUT2D eigenvalue weighted by molar-refractivity contribution is 7.51. The Labute approximate surface area is 63.2 Å². The first-order valence-corrected chi connectivity index (χ1v) is 5.51. The van der Waals surface area contributed by atoms with Crippen LogP contribution in [0.2, 0.25) is 0 Å². The van der Waals surface area contributed by atoms with Gasteiger partial charge in [-0.05, 0) is 19.0 Å². The molecule has 0 saturated carbocycles. The zero-order valence-electron chi connectivity index (χ0n) is 6.70. The minimum Gasteiger partial charge on any atom is -0.127 e. The number of hydrogen-bond donors (Lipinski definition) is 0. The molecule has 0 N–H and O–H groups in total. The maximum atomic E-state index is 3.00. The summed E-state index contributed by atoms with van der Waals surface area (Å²) in [5.74, 6) is 0. The van der Waals surface area contributed by atoms with E-state index in [1.165, 1.54) is 19.0 Å². The smallest absolute Gasteiger partial charge is 0.00161 e. The Bertz CT molecular complexity index is 67.3. The molecule has 0 bridgehead atoms. The lowest BCUT2D eigenvalue weighted by Crippen LogP contribution is -2.10. The third-order valence-electron chi connectivity index (χ3n) is 1.79. The maximum Gasteiger partial charge on any atom is 0.00161 e. The highest BCUT2D eigenvalue weighted by Crippen LogP contribution is 2.43. The molecule has 0 radical (unpaired) electrons. The van der Waals surface area contributed by atoms with Gasteiger partial charge in [0.05, 0.1) is 0 Å². The monoisotopic (exact) mass is 164 g/mol. The van der Waals surface area contributed by atoms with E-state index in [4.69, 9.17) is 0 Å². The van der Waals surface area contributed by atoms with Crippen molar-refractivity contribution in [3.05, 3.63) is 0 Å². The fourth-order valence-corrected chi connectivity index (χ4v) is 2.67. The highest BCUT2D eigenvalue weighted by atomic mass is 31.1. The van der Waals surface area contributed by atoms with Gasteiger partial charge < -0.3 is 0 Å². The molecule has 0 saturated heterocycles. The van der Waals surface area contributed by atoms with Gasteiger partial charge in [0.25, 0.3) is 0 Å². The fraction of sp³-hybridized carbons (Fsp3) is 1.00. The highest BCUT2D eigenvalue weighted by Gasteiger charge is 2.17. The van der Waals surface area contributed by atoms with Crippen LogP contribution in [-0.2, 0) is 0 Å². The first kappa shape index (κ1) is 9.86. The van der Waals surface area contributed by atoms with Gasteiger partial charge in [-0.2, -0.15) is 0 Å². The van der Waals surface area contributed by atoms with E-state index in [-0.39, 0.29) is 0 Å². The molecule has 0 aliphatic heterocycles. The summed E-state index contributed by atoms with van der Waals surface area (Å²) >= 11 is 0. The molecule has 0 nitrogen and oxygen atoms in total. The second-order valence-electron chi connectivity index (χ2n) is 2.39. The van der Waals surface area contributed by atoms with Crippen molar-refractivity contribution in [2.75, 3.05) is 6.16 Å². The normalized spacial score (nSPS) is 13.3. The van der Waals surface area contributed by atoms with Crippen molar-refractivity contribution >= 4 is 17.8 Å². The molecule has 0 aliphatic carbocycles. The van der Waals surface area contributed by atoms with E-state index in [9.17, 15) is 0 Å². The van der Waals surface area contributed by atoms with E-state index in [0.29, 0.717) is 4.90 Å². The molecule has 56 valence electrons. The quantitative estimate of drug-likeness (QED) is 0.560. The van der Waals surface area contributed by atoms with Gasteiger partial charge in [0.15, 0.2) is 0 Å². The van der Waals surface area contributed by atoms with Crippen LogP contribution in [0.3, 0.4) is 0 Å². The molecular formula is C7H18P2. The summed E-state index contributed by atoms with van der Waals surface area (Å²) in [6.07, 6.45) is 3.95. The second kappa shape index (κ2) is 4.64. The van der Waals surface area contributed by atoms with Crippen molar-refractivity contribution in [1.29, 1.82) is 0 Å². The molecule has 2 atom stereocenters. The van der Waals surface area contributed by atoms with Crippen molar-refractivity contribution in [3.63, 3.8) is 0 Å². The minimum atomic E-state index is 0.578. The maximum absolute atomic E-state index is 3.00. The van der Waals surface area contributed by atoms with Crippen LogP contribution >= 0.6 is 17.8 Å². The van der Waals surface area contributed by atoms with Gasteiger partial charge in [-0.25, -0.2) is 0 Å². The molecule has 9 heavy (non-hydrogen) atoms. The van der Waals surface area contributed by atoms with Crippen LogP contribution in [0.4, 0.5) is 0 Å². The van der Waals surface area contributed by atoms with Crippen LogP contribution in [0.15, 0.2) is 0 Å². The molecule has 0 spiro atoms. The standard InChI is InChI=1S/C7H18P2/c1-4-7(8,5-2)9-6-3/h9H,4-6,8H2,1-3H3. The van der Waals surface area contributed by atoms with Gasteiger partial charge in [-0.1, -0.05) is 20.8 Å². The Morgan fingerprint density at radius 1 is 1.22 bits per heavy atom. The van der Waals surface area contributed by atoms with Gasteiger partial charge in [-0.3, -0.25) is 0 Å². The number of rotatable bonds is 4. The molecule has 0 aromatic heterocycles. The van der Waals surface area contributed by atoms with E-state index < -0.39 is 0 Å². The summed E-state index contributed by atoms with van der Waals surface area (Å²) in [5.41, 5.74) is 0. The van der Waals surface area contributed by atoms with Crippen molar-refractivity contribution in [2.45, 2.75) is 38.5 Å². The zero-order chi connectivity index (χ0) is 7.33. The molecular weight excluding hydrogens is 146 g/mol. The zero-order valence-corrected chi connectivity index (χ0v) is 8.85. The summed E-state index contributed by atoms with van der Waals surface area (Å²) in [4.78, 5) is 0.578. The SMILES string of the molecule is CCPC(P)(CC)CC. The Morgan fingerprint density at radius 3 is 1.78 bits per heavy atom. The Morgan fingerprint density at radius 2 is 1.67 bits per heavy atom. The van der Waals surface area contributed by atoms with Crippen LogP contribution in [0.25, 0.3) is 0 Å². The van der Waals surface area contributed by atoms with Crippen LogP contribution in [0.5, 0.6) is 0 Å². The summed E-state index contributed by atoms with van der Waals surface area (Å²) < 4.78 is 0. The third-order valence-corrected chi connectivity index (χ3v) is 4.98. The Kier molecular flexibility index (Phi) is 5.08. The van der Waals surface area contributed by atoms with Crippen molar-refractivity contribution in [1.82, 2.24) is 0 Å². The average molecular weight is 164 g/mol. The lowest BCUT2D eigenvalue weighted by atomic mass is 10.2. The van der Waals surface area contributed by atoms with Crippen molar-refractivity contribution < 1.29 is 0 Å². The predicted molar refractivity (Wildman–Crippen MR) is 51.9 cm³/mol. The van der Waals surface area contributed by atoms with E-state index in [0.717, 1.165) is 8.58 Å². The van der Waals surface area contributed by atoms with Gasteiger partial charge in [0, 0.05) is 4.90 Å². The average Bonchev–Trinajstić information content (AvgIpc) is 1.89. The lowest BCUT2D eigenvalue weighted by molar-refractivity contribution is 0.732. The summed E-state index contributed by atoms with van der Waals surface area (Å²) in [7, 11) is 4.12. The lowest BCUT2D eigenvalue weighted by Gasteiger charge is -2.25. The molecule has 2 unspecified atom stereocenters. The Hall–Kier alpha value is 0.860. The number of hydrogen-bond acceptors (Lipinski definition) is 0.